The number of nitrogens with one attached hydrogen (secondary N) is 1. The molecule has 122 valence electrons. The normalized spacial score (nSPS) is 20.7. The van der Waals surface area contributed by atoms with Gasteiger partial charge in [-0.25, -0.2) is 9.48 Å². The van der Waals surface area contributed by atoms with Crippen LogP contribution in [-0.4, -0.2) is 27.0 Å². The van der Waals surface area contributed by atoms with Crippen molar-refractivity contribution in [3.8, 4) is 0 Å². The Morgan fingerprint density at radius 1 is 1.35 bits per heavy atom. The molecule has 3 rings (SSSR count). The van der Waals surface area contributed by atoms with Gasteiger partial charge in [0.05, 0.1) is 6.04 Å². The number of rotatable bonds is 2. The summed E-state index contributed by atoms with van der Waals surface area (Å²) < 4.78 is 41.5. The van der Waals surface area contributed by atoms with Crippen molar-refractivity contribution in [1.82, 2.24) is 9.78 Å². The van der Waals surface area contributed by atoms with Crippen molar-refractivity contribution in [1.29, 1.82) is 0 Å². The second-order valence-corrected chi connectivity index (χ2v) is 6.12. The number of halogens is 4. The molecule has 0 aliphatic carbocycles. The van der Waals surface area contributed by atoms with Gasteiger partial charge in [-0.3, -0.25) is 0 Å². The second-order valence-electron chi connectivity index (χ2n) is 5.21. The standard InChI is InChI=1S/C14H11BrF3N3O2/c15-8-3-1-7(2-4-8)9-5-11(14(16,17)18)21-12(19-9)6-10(20-21)13(22)23/h1-4,6,9,11,19H,5H2,(H,22,23)/t9-,11-/m1/s1. The largest absolute Gasteiger partial charge is 0.476 e. The Hall–Kier alpha value is -2.03. The third-order valence-electron chi connectivity index (χ3n) is 3.68. The highest BCUT2D eigenvalue weighted by Gasteiger charge is 2.46. The average molecular weight is 390 g/mol. The lowest BCUT2D eigenvalue weighted by Gasteiger charge is -2.33. The zero-order chi connectivity index (χ0) is 16.8. The van der Waals surface area contributed by atoms with E-state index in [1.807, 2.05) is 0 Å². The van der Waals surface area contributed by atoms with Crippen LogP contribution in [0, 0.1) is 0 Å². The molecule has 0 radical (unpaired) electrons. The molecule has 5 nitrogen and oxygen atoms in total. The van der Waals surface area contributed by atoms with E-state index in [4.69, 9.17) is 5.11 Å². The first-order chi connectivity index (χ1) is 10.8. The summed E-state index contributed by atoms with van der Waals surface area (Å²) in [5.74, 6) is -1.32. The smallest absolute Gasteiger partial charge is 0.410 e. The minimum absolute atomic E-state index is 0.0453. The third kappa shape index (κ3) is 3.05. The van der Waals surface area contributed by atoms with E-state index < -0.39 is 29.9 Å². The van der Waals surface area contributed by atoms with Gasteiger partial charge in [0.25, 0.3) is 0 Å². The monoisotopic (exact) mass is 389 g/mol. The van der Waals surface area contributed by atoms with Crippen molar-refractivity contribution in [2.75, 3.05) is 5.32 Å². The number of alkyl halides is 3. The minimum Gasteiger partial charge on any atom is -0.476 e. The predicted octanol–water partition coefficient (Wildman–Crippen LogP) is 4.00. The lowest BCUT2D eigenvalue weighted by atomic mass is 9.97. The zero-order valence-electron chi connectivity index (χ0n) is 11.5. The SMILES string of the molecule is O=C(O)c1cc2n(n1)[C@@H](C(F)(F)F)C[C@H](c1ccc(Br)cc1)N2. The first-order valence-corrected chi connectivity index (χ1v) is 7.46. The van der Waals surface area contributed by atoms with Gasteiger partial charge in [-0.05, 0) is 17.7 Å². The molecule has 2 atom stereocenters. The fourth-order valence-electron chi connectivity index (χ4n) is 2.59. The number of anilines is 1. The molecule has 9 heteroatoms. The van der Waals surface area contributed by atoms with E-state index in [-0.39, 0.29) is 12.2 Å². The van der Waals surface area contributed by atoms with Gasteiger partial charge in [0, 0.05) is 17.0 Å². The topological polar surface area (TPSA) is 67.1 Å². The molecule has 0 amide bonds. The molecule has 1 aromatic heterocycles. The Balaban J connectivity index is 2.01. The molecule has 2 N–H and O–H groups in total. The zero-order valence-corrected chi connectivity index (χ0v) is 13.1. The molecule has 2 heterocycles. The minimum atomic E-state index is -4.52. The van der Waals surface area contributed by atoms with Crippen LogP contribution in [0.4, 0.5) is 19.0 Å². The number of carbonyl (C=O) groups is 1. The summed E-state index contributed by atoms with van der Waals surface area (Å²) in [5, 5.41) is 15.4. The third-order valence-corrected chi connectivity index (χ3v) is 4.21. The van der Waals surface area contributed by atoms with E-state index in [1.54, 1.807) is 24.3 Å². The highest BCUT2D eigenvalue weighted by Crippen LogP contribution is 2.43. The average Bonchev–Trinajstić information content (AvgIpc) is 2.90. The Kier molecular flexibility index (Phi) is 3.83. The van der Waals surface area contributed by atoms with E-state index in [0.717, 1.165) is 10.5 Å². The quantitative estimate of drug-likeness (QED) is 0.814. The number of fused-ring (bicyclic) bond motifs is 1. The number of nitrogens with zero attached hydrogens (tertiary/aromatic N) is 2. The molecule has 0 fully saturated rings. The van der Waals surface area contributed by atoms with Crippen LogP contribution in [0.3, 0.4) is 0 Å². The van der Waals surface area contributed by atoms with Crippen molar-refractivity contribution in [2.24, 2.45) is 0 Å². The van der Waals surface area contributed by atoms with Crippen LogP contribution >= 0.6 is 15.9 Å². The van der Waals surface area contributed by atoms with Crippen LogP contribution in [-0.2, 0) is 0 Å². The Labute approximate surface area is 137 Å². The van der Waals surface area contributed by atoms with Gasteiger partial charge in [0.1, 0.15) is 5.82 Å². The Morgan fingerprint density at radius 2 is 2.00 bits per heavy atom. The van der Waals surface area contributed by atoms with Crippen molar-refractivity contribution in [3.05, 3.63) is 46.1 Å². The first-order valence-electron chi connectivity index (χ1n) is 6.67. The first kappa shape index (κ1) is 15.9. The lowest BCUT2D eigenvalue weighted by molar-refractivity contribution is -0.173. The van der Waals surface area contributed by atoms with Crippen molar-refractivity contribution in [3.63, 3.8) is 0 Å². The molecular weight excluding hydrogens is 379 g/mol. The van der Waals surface area contributed by atoms with Gasteiger partial charge in [0.15, 0.2) is 11.7 Å². The van der Waals surface area contributed by atoms with Gasteiger partial charge in [-0.1, -0.05) is 28.1 Å². The molecule has 1 aromatic carbocycles. The summed E-state index contributed by atoms with van der Waals surface area (Å²) in [4.78, 5) is 11.0. The number of carboxylic acids is 1. The number of benzene rings is 1. The molecule has 23 heavy (non-hydrogen) atoms. The van der Waals surface area contributed by atoms with Gasteiger partial charge in [-0.15, -0.1) is 0 Å². The van der Waals surface area contributed by atoms with Crippen LogP contribution in [0.1, 0.15) is 34.6 Å². The summed E-state index contributed by atoms with van der Waals surface area (Å²) in [6.45, 7) is 0. The van der Waals surface area contributed by atoms with E-state index in [0.29, 0.717) is 10.2 Å². The number of hydrogen-bond acceptors (Lipinski definition) is 3. The Bertz CT molecular complexity index is 743. The number of aromatic nitrogens is 2. The summed E-state index contributed by atoms with van der Waals surface area (Å²) >= 11 is 3.28. The molecule has 1 aliphatic heterocycles. The molecule has 0 unspecified atom stereocenters. The summed E-state index contributed by atoms with van der Waals surface area (Å²) in [7, 11) is 0. The molecule has 0 saturated carbocycles. The number of carboxylic acid groups (broad SMARTS) is 1. The molecule has 0 bridgehead atoms. The molecule has 0 spiro atoms. The fourth-order valence-corrected chi connectivity index (χ4v) is 2.86. The predicted molar refractivity (Wildman–Crippen MR) is 79.4 cm³/mol. The molecule has 0 saturated heterocycles. The fraction of sp³-hybridized carbons (Fsp3) is 0.286. The molecule has 2 aromatic rings. The molecule has 1 aliphatic rings. The highest BCUT2D eigenvalue weighted by atomic mass is 79.9. The van der Waals surface area contributed by atoms with Gasteiger partial charge >= 0.3 is 12.1 Å². The second kappa shape index (κ2) is 5.55. The van der Waals surface area contributed by atoms with E-state index in [9.17, 15) is 18.0 Å². The summed E-state index contributed by atoms with van der Waals surface area (Å²) in [6, 6.07) is 5.59. The summed E-state index contributed by atoms with van der Waals surface area (Å²) in [6.07, 6.45) is -4.79. The Morgan fingerprint density at radius 3 is 2.57 bits per heavy atom. The maximum atomic E-state index is 13.3. The van der Waals surface area contributed by atoms with Crippen LogP contribution < -0.4 is 5.32 Å². The van der Waals surface area contributed by atoms with Crippen LogP contribution in [0.15, 0.2) is 34.8 Å². The van der Waals surface area contributed by atoms with E-state index in [1.165, 1.54) is 0 Å². The maximum absolute atomic E-state index is 13.3. The number of hydrogen-bond donors (Lipinski definition) is 2. The lowest BCUT2D eigenvalue weighted by Crippen LogP contribution is -2.35. The van der Waals surface area contributed by atoms with Gasteiger partial charge in [-0.2, -0.15) is 18.3 Å². The van der Waals surface area contributed by atoms with E-state index in [2.05, 4.69) is 26.3 Å². The van der Waals surface area contributed by atoms with Gasteiger partial charge in [0.2, 0.25) is 0 Å². The van der Waals surface area contributed by atoms with Crippen molar-refractivity contribution in [2.45, 2.75) is 24.7 Å². The number of aromatic carboxylic acids is 1. The van der Waals surface area contributed by atoms with Gasteiger partial charge < -0.3 is 10.4 Å². The van der Waals surface area contributed by atoms with Crippen molar-refractivity contribution >= 4 is 27.7 Å². The summed E-state index contributed by atoms with van der Waals surface area (Å²) in [5.41, 5.74) is 0.269. The van der Waals surface area contributed by atoms with Crippen LogP contribution in [0.25, 0.3) is 0 Å². The maximum Gasteiger partial charge on any atom is 0.410 e. The van der Waals surface area contributed by atoms with Crippen molar-refractivity contribution < 1.29 is 23.1 Å². The van der Waals surface area contributed by atoms with Crippen LogP contribution in [0.2, 0.25) is 0 Å². The highest BCUT2D eigenvalue weighted by molar-refractivity contribution is 9.10. The molecular formula is C14H11BrF3N3O2. The van der Waals surface area contributed by atoms with Crippen LogP contribution in [0.5, 0.6) is 0 Å². The van der Waals surface area contributed by atoms with E-state index >= 15 is 0 Å².